The van der Waals surface area contributed by atoms with Crippen LogP contribution in [0.5, 0.6) is 0 Å². The normalized spacial score (nSPS) is 19.6. The quantitative estimate of drug-likeness (QED) is 0.0215. The number of nitrogens with one attached hydrogen (secondary N) is 1. The molecule has 79 heavy (non-hydrogen) atoms. The van der Waals surface area contributed by atoms with Crippen LogP contribution in [0.1, 0.15) is 309 Å². The molecule has 8 N–H and O–H groups in total. The molecule has 0 aromatic rings. The maximum atomic E-state index is 13.2. The van der Waals surface area contributed by atoms with Crippen LogP contribution in [0.25, 0.3) is 0 Å². The van der Waals surface area contributed by atoms with Gasteiger partial charge in [-0.25, -0.2) is 0 Å². The van der Waals surface area contributed by atoms with Gasteiger partial charge in [0.05, 0.1) is 25.4 Å². The number of hydrogen-bond acceptors (Lipinski definition) is 10. The van der Waals surface area contributed by atoms with E-state index in [4.69, 9.17) is 9.47 Å². The standard InChI is InChI=1S/C68H127NO10/c1-3-5-7-9-11-13-15-17-19-21-23-25-27-28-29-30-31-32-34-35-37-39-41-43-45-47-49-51-53-55-60(71)63(73)59(58-78-68-66(76)65(75)64(74)62(57-70)79-68)69-67(77)61(72)56-54-52-50-48-46-44-42-40-38-36-33-26-24-22-20-18-16-14-12-10-8-6-4-2/h32,34,36,38-39,41,47,49,59-66,68,70-76H,3-31,33,35,37,40,42-46,48,50-58H2,1-2H3,(H,69,77)/b34-32+,38-36-,41-39+,49-47+. The molecule has 1 fully saturated rings. The minimum Gasteiger partial charge on any atom is -0.394 e. The monoisotopic (exact) mass is 1120 g/mol. The summed E-state index contributed by atoms with van der Waals surface area (Å²) in [6.07, 6.45) is 61.9. The van der Waals surface area contributed by atoms with Gasteiger partial charge in [-0.15, -0.1) is 0 Å². The third-order valence-electron chi connectivity index (χ3n) is 16.1. The Kier molecular flexibility index (Phi) is 53.7. The number of carbonyl (C=O) groups excluding carboxylic acids is 1. The average molecular weight is 1120 g/mol. The van der Waals surface area contributed by atoms with Gasteiger partial charge in [0.1, 0.15) is 36.6 Å². The smallest absolute Gasteiger partial charge is 0.249 e. The number of amides is 1. The summed E-state index contributed by atoms with van der Waals surface area (Å²) >= 11 is 0. The Morgan fingerprint density at radius 2 is 0.759 bits per heavy atom. The molecule has 9 unspecified atom stereocenters. The first-order chi connectivity index (χ1) is 38.7. The van der Waals surface area contributed by atoms with Crippen molar-refractivity contribution >= 4 is 5.91 Å². The molecule has 0 aliphatic carbocycles. The van der Waals surface area contributed by atoms with Gasteiger partial charge in [0, 0.05) is 0 Å². The minimum absolute atomic E-state index is 0.240. The third-order valence-corrected chi connectivity index (χ3v) is 16.1. The Morgan fingerprint density at radius 3 is 1.13 bits per heavy atom. The lowest BCUT2D eigenvalue weighted by atomic mass is 9.98. The summed E-state index contributed by atoms with van der Waals surface area (Å²) in [5.41, 5.74) is 0. The highest BCUT2D eigenvalue weighted by Gasteiger charge is 2.44. The van der Waals surface area contributed by atoms with Gasteiger partial charge in [0.15, 0.2) is 6.29 Å². The van der Waals surface area contributed by atoms with Gasteiger partial charge in [-0.2, -0.15) is 0 Å². The molecule has 0 spiro atoms. The van der Waals surface area contributed by atoms with Crippen molar-refractivity contribution in [3.63, 3.8) is 0 Å². The van der Waals surface area contributed by atoms with Crippen molar-refractivity contribution < 1.29 is 50.0 Å². The molecule has 1 rings (SSSR count). The number of aliphatic hydroxyl groups is 7. The van der Waals surface area contributed by atoms with Gasteiger partial charge < -0.3 is 50.5 Å². The molecular formula is C68H127NO10. The lowest BCUT2D eigenvalue weighted by Gasteiger charge is -2.40. The Bertz CT molecular complexity index is 1420. The van der Waals surface area contributed by atoms with Gasteiger partial charge in [0.2, 0.25) is 5.91 Å². The van der Waals surface area contributed by atoms with Crippen molar-refractivity contribution in [2.75, 3.05) is 13.2 Å². The van der Waals surface area contributed by atoms with E-state index in [-0.39, 0.29) is 12.8 Å². The highest BCUT2D eigenvalue weighted by Crippen LogP contribution is 2.24. The molecule has 0 radical (unpaired) electrons. The topological polar surface area (TPSA) is 189 Å². The van der Waals surface area contributed by atoms with Gasteiger partial charge in [-0.3, -0.25) is 4.79 Å². The fourth-order valence-electron chi connectivity index (χ4n) is 10.6. The molecule has 0 saturated carbocycles. The Balaban J connectivity index is 2.28. The zero-order chi connectivity index (χ0) is 57.5. The molecular weight excluding hydrogens is 991 g/mol. The maximum absolute atomic E-state index is 13.2. The Labute approximate surface area is 485 Å². The number of unbranched alkanes of at least 4 members (excludes halogenated alkanes) is 38. The van der Waals surface area contributed by atoms with E-state index in [2.05, 4.69) is 67.8 Å². The molecule has 1 aliphatic rings. The molecule has 11 heteroatoms. The SMILES string of the molecule is CCCCCCCCCCCCCC/C=C\CCCCCCCCCC(O)C(=O)NC(COC1OC(CO)C(O)C(O)C1O)C(O)C(O)CCC/C=C/CC/C=C/CC/C=C/CCCCCCCCCCCCCCCCCC. The van der Waals surface area contributed by atoms with E-state index in [0.29, 0.717) is 19.3 Å². The second kappa shape index (κ2) is 56.5. The number of carbonyl (C=O) groups is 1. The van der Waals surface area contributed by atoms with Crippen molar-refractivity contribution in [1.82, 2.24) is 5.32 Å². The molecule has 0 bridgehead atoms. The first-order valence-electron chi connectivity index (χ1n) is 33.5. The van der Waals surface area contributed by atoms with Crippen molar-refractivity contribution in [2.24, 2.45) is 0 Å². The second-order valence-corrected chi connectivity index (χ2v) is 23.5. The van der Waals surface area contributed by atoms with Crippen molar-refractivity contribution in [2.45, 2.75) is 364 Å². The van der Waals surface area contributed by atoms with E-state index >= 15 is 0 Å². The highest BCUT2D eigenvalue weighted by atomic mass is 16.7. The van der Waals surface area contributed by atoms with Crippen LogP contribution in [-0.4, -0.2) is 110 Å². The number of rotatable bonds is 58. The van der Waals surface area contributed by atoms with Crippen molar-refractivity contribution in [3.05, 3.63) is 48.6 Å². The van der Waals surface area contributed by atoms with Crippen LogP contribution in [-0.2, 0) is 14.3 Å². The van der Waals surface area contributed by atoms with E-state index in [1.54, 1.807) is 0 Å². The fourth-order valence-corrected chi connectivity index (χ4v) is 10.6. The molecule has 0 aromatic carbocycles. The average Bonchev–Trinajstić information content (AvgIpc) is 3.46. The van der Waals surface area contributed by atoms with Gasteiger partial charge in [-0.05, 0) is 89.9 Å². The van der Waals surface area contributed by atoms with E-state index in [1.165, 1.54) is 205 Å². The summed E-state index contributed by atoms with van der Waals surface area (Å²) in [5, 5.41) is 76.4. The fraction of sp³-hybridized carbons (Fsp3) is 0.868. The molecule has 464 valence electrons. The maximum Gasteiger partial charge on any atom is 0.249 e. The number of hydrogen-bond donors (Lipinski definition) is 8. The largest absolute Gasteiger partial charge is 0.394 e. The summed E-state index contributed by atoms with van der Waals surface area (Å²) in [7, 11) is 0. The second-order valence-electron chi connectivity index (χ2n) is 23.5. The predicted molar refractivity (Wildman–Crippen MR) is 330 cm³/mol. The highest BCUT2D eigenvalue weighted by molar-refractivity contribution is 5.80. The van der Waals surface area contributed by atoms with E-state index in [9.17, 15) is 40.5 Å². The first kappa shape index (κ1) is 75.1. The minimum atomic E-state index is -1.68. The summed E-state index contributed by atoms with van der Waals surface area (Å²) in [6.45, 7) is 3.47. The summed E-state index contributed by atoms with van der Waals surface area (Å²) in [4.78, 5) is 13.2. The lowest BCUT2D eigenvalue weighted by molar-refractivity contribution is -0.303. The van der Waals surface area contributed by atoms with Crippen LogP contribution in [0.15, 0.2) is 48.6 Å². The summed E-state index contributed by atoms with van der Waals surface area (Å²) in [5.74, 6) is -0.713. The molecule has 1 saturated heterocycles. The molecule has 11 nitrogen and oxygen atoms in total. The summed E-state index contributed by atoms with van der Waals surface area (Å²) in [6, 6.07) is -1.20. The summed E-state index contributed by atoms with van der Waals surface area (Å²) < 4.78 is 11.2. The van der Waals surface area contributed by atoms with Crippen LogP contribution in [0.4, 0.5) is 0 Å². The number of ether oxygens (including phenoxy) is 2. The predicted octanol–water partition coefficient (Wildman–Crippen LogP) is 15.6. The van der Waals surface area contributed by atoms with Crippen LogP contribution in [0.3, 0.4) is 0 Å². The van der Waals surface area contributed by atoms with Crippen molar-refractivity contribution in [1.29, 1.82) is 0 Å². The first-order valence-corrected chi connectivity index (χ1v) is 33.5. The lowest BCUT2D eigenvalue weighted by Crippen LogP contribution is -2.60. The third kappa shape index (κ3) is 44.3. The number of allylic oxidation sites excluding steroid dienone is 8. The van der Waals surface area contributed by atoms with Gasteiger partial charge >= 0.3 is 0 Å². The Morgan fingerprint density at radius 1 is 0.430 bits per heavy atom. The molecule has 1 amide bonds. The van der Waals surface area contributed by atoms with Crippen molar-refractivity contribution in [3.8, 4) is 0 Å². The van der Waals surface area contributed by atoms with Crippen LogP contribution < -0.4 is 5.32 Å². The Hall–Kier alpha value is -1.93. The molecule has 0 aromatic heterocycles. The van der Waals surface area contributed by atoms with E-state index < -0.39 is 74.2 Å². The zero-order valence-corrected chi connectivity index (χ0v) is 51.1. The van der Waals surface area contributed by atoms with E-state index in [0.717, 1.165) is 57.8 Å². The zero-order valence-electron chi connectivity index (χ0n) is 51.1. The molecule has 9 atom stereocenters. The van der Waals surface area contributed by atoms with Gasteiger partial charge in [0.25, 0.3) is 0 Å². The van der Waals surface area contributed by atoms with Gasteiger partial charge in [-0.1, -0.05) is 268 Å². The van der Waals surface area contributed by atoms with Crippen LogP contribution in [0.2, 0.25) is 0 Å². The van der Waals surface area contributed by atoms with E-state index in [1.807, 2.05) is 0 Å². The molecule has 1 heterocycles. The number of aliphatic hydroxyl groups excluding tert-OH is 7. The molecule has 1 aliphatic heterocycles. The van der Waals surface area contributed by atoms with Crippen LogP contribution in [0, 0.1) is 0 Å². The van der Waals surface area contributed by atoms with Crippen LogP contribution >= 0.6 is 0 Å².